The number of ether oxygens (including phenoxy) is 1. The van der Waals surface area contributed by atoms with Gasteiger partial charge < -0.3 is 26.0 Å². The van der Waals surface area contributed by atoms with Crippen LogP contribution in [0.2, 0.25) is 0 Å². The summed E-state index contributed by atoms with van der Waals surface area (Å²) < 4.78 is 5.37. The van der Waals surface area contributed by atoms with Gasteiger partial charge in [0.1, 0.15) is 17.7 Å². The Balaban J connectivity index is 3.54. The Morgan fingerprint density at radius 2 is 1.79 bits per heavy atom. The zero-order valence-electron chi connectivity index (χ0n) is 23.8. The highest BCUT2D eigenvalue weighted by Crippen LogP contribution is 2.26. The van der Waals surface area contributed by atoms with Crippen LogP contribution in [0.3, 0.4) is 0 Å². The van der Waals surface area contributed by atoms with Crippen LogP contribution in [0.5, 0.6) is 0 Å². The summed E-state index contributed by atoms with van der Waals surface area (Å²) in [4.78, 5) is 53.4. The molecule has 9 heteroatoms. The molecule has 212 valence electrons. The molecule has 1 aromatic carbocycles. The molecule has 4 N–H and O–H groups in total. The maximum absolute atomic E-state index is 14.1. The number of carbonyl (C=O) groups excluding carboxylic acids is 4. The van der Waals surface area contributed by atoms with Crippen molar-refractivity contribution in [1.29, 1.82) is 0 Å². The van der Waals surface area contributed by atoms with E-state index >= 15 is 0 Å². The van der Waals surface area contributed by atoms with Crippen molar-refractivity contribution in [3.8, 4) is 0 Å². The Morgan fingerprint density at radius 3 is 2.34 bits per heavy atom. The minimum Gasteiger partial charge on any atom is -0.444 e. The van der Waals surface area contributed by atoms with Gasteiger partial charge in [-0.15, -0.1) is 0 Å². The Bertz CT molecular complexity index is 955. The lowest BCUT2D eigenvalue weighted by atomic mass is 9.99. The molecule has 0 aliphatic rings. The van der Waals surface area contributed by atoms with Crippen molar-refractivity contribution in [3.05, 3.63) is 42.0 Å². The number of unbranched alkanes of at least 4 members (excludes halogenated alkanes) is 3. The zero-order chi connectivity index (χ0) is 28.9. The SMILES string of the molecule is C=Cc1cccc(C(C(=O)NC(C)C)N(CCCCCC)C(=O)C(CCC(N)=O)NC(=O)OC(C)(C)C)c1. The Kier molecular flexibility index (Phi) is 13.6. The van der Waals surface area contributed by atoms with E-state index in [4.69, 9.17) is 10.5 Å². The van der Waals surface area contributed by atoms with Crippen molar-refractivity contribution >= 4 is 29.9 Å². The fraction of sp³-hybridized carbons (Fsp3) is 0.586. The highest BCUT2D eigenvalue weighted by Gasteiger charge is 2.36. The number of primary amides is 1. The first kappa shape index (κ1) is 32.7. The molecule has 0 aliphatic heterocycles. The molecule has 9 nitrogen and oxygen atoms in total. The summed E-state index contributed by atoms with van der Waals surface area (Å²) in [5, 5.41) is 5.54. The van der Waals surface area contributed by atoms with Gasteiger partial charge in [0.05, 0.1) is 0 Å². The number of benzene rings is 1. The van der Waals surface area contributed by atoms with Crippen LogP contribution in [0, 0.1) is 0 Å². The number of amides is 4. The van der Waals surface area contributed by atoms with E-state index in [1.807, 2.05) is 32.0 Å². The molecule has 0 aromatic heterocycles. The Hall–Kier alpha value is -3.36. The van der Waals surface area contributed by atoms with Crippen molar-refractivity contribution in [2.24, 2.45) is 5.73 Å². The molecule has 0 fully saturated rings. The van der Waals surface area contributed by atoms with Gasteiger partial charge in [0.2, 0.25) is 17.7 Å². The predicted molar refractivity (Wildman–Crippen MR) is 150 cm³/mol. The summed E-state index contributed by atoms with van der Waals surface area (Å²) in [6, 6.07) is 5.07. The molecule has 0 aliphatic carbocycles. The van der Waals surface area contributed by atoms with Crippen LogP contribution < -0.4 is 16.4 Å². The van der Waals surface area contributed by atoms with Gasteiger partial charge in [-0.3, -0.25) is 14.4 Å². The van der Waals surface area contributed by atoms with Crippen LogP contribution in [0.25, 0.3) is 6.08 Å². The van der Waals surface area contributed by atoms with Crippen LogP contribution >= 0.6 is 0 Å². The number of nitrogens with zero attached hydrogens (tertiary/aromatic N) is 1. The number of hydrogen-bond donors (Lipinski definition) is 3. The van der Waals surface area contributed by atoms with E-state index in [2.05, 4.69) is 24.1 Å². The third kappa shape index (κ3) is 11.8. The zero-order valence-corrected chi connectivity index (χ0v) is 23.8. The van der Waals surface area contributed by atoms with Gasteiger partial charge in [-0.25, -0.2) is 4.79 Å². The lowest BCUT2D eigenvalue weighted by molar-refractivity contribution is -0.143. The number of carbonyl (C=O) groups is 4. The van der Waals surface area contributed by atoms with E-state index in [1.54, 1.807) is 32.9 Å². The molecule has 0 saturated heterocycles. The van der Waals surface area contributed by atoms with Gasteiger partial charge >= 0.3 is 6.09 Å². The normalized spacial score (nSPS) is 12.8. The lowest BCUT2D eigenvalue weighted by Crippen LogP contribution is -2.54. The number of nitrogens with one attached hydrogen (secondary N) is 2. The summed E-state index contributed by atoms with van der Waals surface area (Å²) >= 11 is 0. The molecule has 2 unspecified atom stereocenters. The van der Waals surface area contributed by atoms with E-state index < -0.39 is 35.6 Å². The largest absolute Gasteiger partial charge is 0.444 e. The molecule has 38 heavy (non-hydrogen) atoms. The number of nitrogens with two attached hydrogens (primary N) is 1. The summed E-state index contributed by atoms with van der Waals surface area (Å²) in [6.45, 7) is 15.0. The van der Waals surface area contributed by atoms with Gasteiger partial charge in [0, 0.05) is 19.0 Å². The average Bonchev–Trinajstić information content (AvgIpc) is 2.81. The van der Waals surface area contributed by atoms with E-state index in [0.717, 1.165) is 24.8 Å². The Morgan fingerprint density at radius 1 is 1.11 bits per heavy atom. The van der Waals surface area contributed by atoms with E-state index in [-0.39, 0.29) is 31.3 Å². The van der Waals surface area contributed by atoms with Crippen LogP contribution in [-0.2, 0) is 19.1 Å². The average molecular weight is 531 g/mol. The van der Waals surface area contributed by atoms with E-state index in [0.29, 0.717) is 12.0 Å². The molecule has 1 rings (SSSR count). The molecule has 2 atom stereocenters. The molecule has 0 saturated carbocycles. The quantitative estimate of drug-likeness (QED) is 0.288. The monoisotopic (exact) mass is 530 g/mol. The molecular weight excluding hydrogens is 484 g/mol. The summed E-state index contributed by atoms with van der Waals surface area (Å²) in [5.74, 6) is -1.42. The highest BCUT2D eigenvalue weighted by atomic mass is 16.6. The molecule has 4 amide bonds. The minimum atomic E-state index is -1.11. The van der Waals surface area contributed by atoms with Crippen LogP contribution in [0.4, 0.5) is 4.79 Å². The number of hydrogen-bond acceptors (Lipinski definition) is 5. The second-order valence-corrected chi connectivity index (χ2v) is 10.7. The smallest absolute Gasteiger partial charge is 0.408 e. The first-order valence-electron chi connectivity index (χ1n) is 13.4. The second-order valence-electron chi connectivity index (χ2n) is 10.7. The van der Waals surface area contributed by atoms with Crippen LogP contribution in [0.1, 0.15) is 97.2 Å². The summed E-state index contributed by atoms with van der Waals surface area (Å²) in [6.07, 6.45) is 4.27. The molecule has 1 aromatic rings. The van der Waals surface area contributed by atoms with Crippen molar-refractivity contribution in [2.75, 3.05) is 6.54 Å². The maximum atomic E-state index is 14.1. The maximum Gasteiger partial charge on any atom is 0.408 e. The van der Waals surface area contributed by atoms with Gasteiger partial charge in [-0.1, -0.05) is 57.0 Å². The number of rotatable bonds is 15. The van der Waals surface area contributed by atoms with Gasteiger partial charge in [0.15, 0.2) is 0 Å². The topological polar surface area (TPSA) is 131 Å². The minimum absolute atomic E-state index is 0.0237. The third-order valence-corrected chi connectivity index (χ3v) is 5.66. The molecule has 0 heterocycles. The Labute approximate surface area is 227 Å². The standard InChI is InChI=1S/C29H46N4O5/c1-8-10-11-12-18-33(25(26(35)31-20(3)4)22-15-13-14-21(9-2)19-22)27(36)23(16-17-24(30)34)32-28(37)38-29(5,6)7/h9,13-15,19-20,23,25H,2,8,10-12,16-18H2,1,3-7H3,(H2,30,34)(H,31,35)(H,32,37). The highest BCUT2D eigenvalue weighted by molar-refractivity contribution is 5.92. The van der Waals surface area contributed by atoms with Gasteiger partial charge in [0.25, 0.3) is 0 Å². The molecule has 0 spiro atoms. The van der Waals surface area contributed by atoms with E-state index in [1.165, 1.54) is 4.90 Å². The van der Waals surface area contributed by atoms with Crippen molar-refractivity contribution in [2.45, 2.75) is 104 Å². The van der Waals surface area contributed by atoms with Crippen molar-refractivity contribution in [3.63, 3.8) is 0 Å². The van der Waals surface area contributed by atoms with Crippen LogP contribution in [-0.4, -0.2) is 52.9 Å². The molecule has 0 radical (unpaired) electrons. The first-order valence-corrected chi connectivity index (χ1v) is 13.4. The number of alkyl carbamates (subject to hydrolysis) is 1. The van der Waals surface area contributed by atoms with Gasteiger partial charge in [-0.05, 0) is 64.7 Å². The van der Waals surface area contributed by atoms with Gasteiger partial charge in [-0.2, -0.15) is 0 Å². The lowest BCUT2D eigenvalue weighted by Gasteiger charge is -2.35. The first-order chi connectivity index (χ1) is 17.8. The summed E-state index contributed by atoms with van der Waals surface area (Å²) in [5.41, 5.74) is 6.01. The van der Waals surface area contributed by atoms with Crippen molar-refractivity contribution in [1.82, 2.24) is 15.5 Å². The molecular formula is C29H46N4O5. The fourth-order valence-electron chi connectivity index (χ4n) is 3.96. The fourth-order valence-corrected chi connectivity index (χ4v) is 3.96. The second kappa shape index (κ2) is 15.8. The third-order valence-electron chi connectivity index (χ3n) is 5.66. The predicted octanol–water partition coefficient (Wildman–Crippen LogP) is 4.46. The van der Waals surface area contributed by atoms with E-state index in [9.17, 15) is 19.2 Å². The summed E-state index contributed by atoms with van der Waals surface area (Å²) in [7, 11) is 0. The van der Waals surface area contributed by atoms with Crippen LogP contribution in [0.15, 0.2) is 30.8 Å². The van der Waals surface area contributed by atoms with Crippen molar-refractivity contribution < 1.29 is 23.9 Å². The molecule has 0 bridgehead atoms.